The summed E-state index contributed by atoms with van der Waals surface area (Å²) < 4.78 is 12.1. The Morgan fingerprint density at radius 2 is 2.23 bits per heavy atom. The van der Waals surface area contributed by atoms with Crippen LogP contribution in [-0.4, -0.2) is 56.3 Å². The van der Waals surface area contributed by atoms with E-state index in [4.69, 9.17) is 9.47 Å². The smallest absolute Gasteiger partial charge is 0.224 e. The van der Waals surface area contributed by atoms with Crippen LogP contribution in [0.1, 0.15) is 13.3 Å². The lowest BCUT2D eigenvalue weighted by molar-refractivity contribution is -0.132. The average Bonchev–Trinajstić information content (AvgIpc) is 2.54. The first-order valence-electron chi connectivity index (χ1n) is 7.66. The van der Waals surface area contributed by atoms with Gasteiger partial charge in [0.2, 0.25) is 5.91 Å². The van der Waals surface area contributed by atoms with Crippen molar-refractivity contribution in [2.24, 2.45) is 0 Å². The zero-order valence-corrected chi connectivity index (χ0v) is 14.5. The van der Waals surface area contributed by atoms with E-state index in [-0.39, 0.29) is 11.9 Å². The molecule has 6 heteroatoms. The third-order valence-electron chi connectivity index (χ3n) is 3.60. The lowest BCUT2D eigenvalue weighted by atomic mass is 10.2. The molecule has 5 nitrogen and oxygen atoms in total. The number of carbonyl (C=O) groups excluding carboxylic acids is 1. The predicted molar refractivity (Wildman–Crippen MR) is 89.1 cm³/mol. The molecule has 0 radical (unpaired) electrons. The minimum absolute atomic E-state index is 0.127. The van der Waals surface area contributed by atoms with E-state index in [0.717, 1.165) is 23.4 Å². The van der Waals surface area contributed by atoms with Crippen molar-refractivity contribution in [3.63, 3.8) is 0 Å². The number of amides is 1. The summed E-state index contributed by atoms with van der Waals surface area (Å²) in [5, 5.41) is 3.31. The minimum atomic E-state index is 0.127. The van der Waals surface area contributed by atoms with Crippen molar-refractivity contribution in [1.82, 2.24) is 10.2 Å². The number of morpholine rings is 1. The molecule has 1 aliphatic heterocycles. The Morgan fingerprint density at radius 3 is 2.86 bits per heavy atom. The van der Waals surface area contributed by atoms with Gasteiger partial charge in [0, 0.05) is 30.0 Å². The Hall–Kier alpha value is -1.11. The lowest BCUT2D eigenvalue weighted by Gasteiger charge is -2.27. The van der Waals surface area contributed by atoms with Crippen LogP contribution in [0, 0.1) is 0 Å². The second-order valence-corrected chi connectivity index (χ2v) is 6.12. The molecular weight excluding hydrogens is 348 g/mol. The highest BCUT2D eigenvalue weighted by atomic mass is 79.9. The molecule has 0 aliphatic carbocycles. The van der Waals surface area contributed by atoms with Gasteiger partial charge in [-0.25, -0.2) is 0 Å². The number of benzene rings is 1. The quantitative estimate of drug-likeness (QED) is 0.797. The molecule has 1 aromatic carbocycles. The third kappa shape index (κ3) is 5.59. The molecule has 1 heterocycles. The molecular formula is C16H23BrN2O3. The summed E-state index contributed by atoms with van der Waals surface area (Å²) in [7, 11) is 0. The van der Waals surface area contributed by atoms with Gasteiger partial charge in [-0.05, 0) is 31.2 Å². The number of nitrogens with one attached hydrogen (secondary N) is 1. The normalized spacial score (nSPS) is 18.0. The largest absolute Gasteiger partial charge is 0.492 e. The zero-order valence-electron chi connectivity index (χ0n) is 12.9. The molecule has 122 valence electrons. The number of ether oxygens (including phenoxy) is 2. The van der Waals surface area contributed by atoms with Crippen molar-refractivity contribution in [3.8, 4) is 5.75 Å². The molecule has 0 aromatic heterocycles. The van der Waals surface area contributed by atoms with Gasteiger partial charge < -0.3 is 19.7 Å². The van der Waals surface area contributed by atoms with Gasteiger partial charge in [0.1, 0.15) is 12.4 Å². The first kappa shape index (κ1) is 17.2. The number of likely N-dealkylation sites (N-methyl/N-ethyl adjacent to an activating group) is 1. The van der Waals surface area contributed by atoms with Gasteiger partial charge in [-0.2, -0.15) is 0 Å². The maximum Gasteiger partial charge on any atom is 0.224 e. The second kappa shape index (κ2) is 9.12. The molecule has 2 rings (SSSR count). The maximum atomic E-state index is 12.3. The topological polar surface area (TPSA) is 50.8 Å². The van der Waals surface area contributed by atoms with Crippen LogP contribution >= 0.6 is 15.9 Å². The zero-order chi connectivity index (χ0) is 15.8. The Balaban J connectivity index is 1.73. The molecule has 1 fully saturated rings. The van der Waals surface area contributed by atoms with Crippen LogP contribution in [0.25, 0.3) is 0 Å². The number of hydrogen-bond donors (Lipinski definition) is 1. The molecule has 22 heavy (non-hydrogen) atoms. The predicted octanol–water partition coefficient (Wildman–Crippen LogP) is 2.05. The molecule has 1 saturated heterocycles. The second-order valence-electron chi connectivity index (χ2n) is 5.21. The van der Waals surface area contributed by atoms with E-state index < -0.39 is 0 Å². The van der Waals surface area contributed by atoms with E-state index in [9.17, 15) is 4.79 Å². The lowest BCUT2D eigenvalue weighted by Crippen LogP contribution is -2.45. The number of halogens is 1. The summed E-state index contributed by atoms with van der Waals surface area (Å²) in [6.45, 7) is 5.92. The van der Waals surface area contributed by atoms with E-state index >= 15 is 0 Å². The van der Waals surface area contributed by atoms with Crippen LogP contribution in [0.15, 0.2) is 28.7 Å². The van der Waals surface area contributed by atoms with E-state index in [0.29, 0.717) is 32.7 Å². The van der Waals surface area contributed by atoms with E-state index in [2.05, 4.69) is 21.2 Å². The number of rotatable bonds is 7. The fourth-order valence-electron chi connectivity index (χ4n) is 2.35. The number of nitrogens with zero attached hydrogens (tertiary/aromatic N) is 1. The fraction of sp³-hybridized carbons (Fsp3) is 0.562. The standard InChI is InChI=1S/C16H23BrN2O3/c1-2-19(16(20)11-14-12-21-9-7-18-14)8-10-22-15-5-3-13(17)4-6-15/h3-6,14,18H,2,7-12H2,1H3. The monoisotopic (exact) mass is 370 g/mol. The SMILES string of the molecule is CCN(CCOc1ccc(Br)cc1)C(=O)CC1COCCN1. The van der Waals surface area contributed by atoms with Crippen molar-refractivity contribution >= 4 is 21.8 Å². The Bertz CT molecular complexity index is 461. The van der Waals surface area contributed by atoms with Crippen molar-refractivity contribution in [2.45, 2.75) is 19.4 Å². The van der Waals surface area contributed by atoms with Gasteiger partial charge in [-0.3, -0.25) is 4.79 Å². The van der Waals surface area contributed by atoms with Crippen LogP contribution < -0.4 is 10.1 Å². The summed E-state index contributed by atoms with van der Waals surface area (Å²) >= 11 is 3.39. The van der Waals surface area contributed by atoms with Gasteiger partial charge in [0.15, 0.2) is 0 Å². The molecule has 0 bridgehead atoms. The van der Waals surface area contributed by atoms with Crippen LogP contribution in [0.4, 0.5) is 0 Å². The van der Waals surface area contributed by atoms with Crippen molar-refractivity contribution in [2.75, 3.05) is 39.5 Å². The highest BCUT2D eigenvalue weighted by molar-refractivity contribution is 9.10. The van der Waals surface area contributed by atoms with Crippen molar-refractivity contribution < 1.29 is 14.3 Å². The molecule has 1 N–H and O–H groups in total. The Labute approximate surface area is 140 Å². The van der Waals surface area contributed by atoms with Gasteiger partial charge in [-0.1, -0.05) is 15.9 Å². The van der Waals surface area contributed by atoms with Gasteiger partial charge in [0.05, 0.1) is 19.8 Å². The minimum Gasteiger partial charge on any atom is -0.492 e. The average molecular weight is 371 g/mol. The maximum absolute atomic E-state index is 12.3. The number of carbonyl (C=O) groups is 1. The highest BCUT2D eigenvalue weighted by Gasteiger charge is 2.20. The molecule has 1 atom stereocenters. The summed E-state index contributed by atoms with van der Waals surface area (Å²) in [4.78, 5) is 14.1. The number of hydrogen-bond acceptors (Lipinski definition) is 4. The summed E-state index contributed by atoms with van der Waals surface area (Å²) in [6, 6.07) is 7.82. The van der Waals surface area contributed by atoms with Crippen molar-refractivity contribution in [1.29, 1.82) is 0 Å². The van der Waals surface area contributed by atoms with Crippen molar-refractivity contribution in [3.05, 3.63) is 28.7 Å². The third-order valence-corrected chi connectivity index (χ3v) is 4.13. The van der Waals surface area contributed by atoms with Crippen LogP contribution in [0.2, 0.25) is 0 Å². The van der Waals surface area contributed by atoms with Gasteiger partial charge >= 0.3 is 0 Å². The van der Waals surface area contributed by atoms with E-state index in [1.165, 1.54) is 0 Å². The molecule has 1 unspecified atom stereocenters. The molecule has 1 amide bonds. The molecule has 0 spiro atoms. The fourth-order valence-corrected chi connectivity index (χ4v) is 2.62. The van der Waals surface area contributed by atoms with Gasteiger partial charge in [-0.15, -0.1) is 0 Å². The highest BCUT2D eigenvalue weighted by Crippen LogP contribution is 2.16. The Morgan fingerprint density at radius 1 is 1.45 bits per heavy atom. The van der Waals surface area contributed by atoms with Crippen LogP contribution in [0.3, 0.4) is 0 Å². The summed E-state index contributed by atoms with van der Waals surface area (Å²) in [5.74, 6) is 0.957. The first-order chi connectivity index (χ1) is 10.7. The summed E-state index contributed by atoms with van der Waals surface area (Å²) in [6.07, 6.45) is 0.478. The van der Waals surface area contributed by atoms with E-state index in [1.807, 2.05) is 36.1 Å². The van der Waals surface area contributed by atoms with Crippen LogP contribution in [-0.2, 0) is 9.53 Å². The molecule has 1 aromatic rings. The van der Waals surface area contributed by atoms with Gasteiger partial charge in [0.25, 0.3) is 0 Å². The Kier molecular flexibility index (Phi) is 7.15. The first-order valence-corrected chi connectivity index (χ1v) is 8.45. The van der Waals surface area contributed by atoms with E-state index in [1.54, 1.807) is 0 Å². The molecule has 1 aliphatic rings. The summed E-state index contributed by atoms with van der Waals surface area (Å²) in [5.41, 5.74) is 0. The van der Waals surface area contributed by atoms with Crippen LogP contribution in [0.5, 0.6) is 5.75 Å². The molecule has 0 saturated carbocycles.